The number of halogens is 1. The van der Waals surface area contributed by atoms with Crippen LogP contribution in [-0.2, 0) is 34.0 Å². The molecule has 0 bridgehead atoms. The van der Waals surface area contributed by atoms with Crippen molar-refractivity contribution < 1.29 is 14.3 Å². The van der Waals surface area contributed by atoms with E-state index in [9.17, 15) is 14.4 Å². The van der Waals surface area contributed by atoms with E-state index in [2.05, 4.69) is 15.6 Å². The van der Waals surface area contributed by atoms with E-state index < -0.39 is 17.2 Å². The van der Waals surface area contributed by atoms with E-state index in [0.717, 1.165) is 11.1 Å². The molecule has 1 heterocycles. The molecule has 0 aliphatic heterocycles. The summed E-state index contributed by atoms with van der Waals surface area (Å²) < 4.78 is 11.8. The average molecular weight is 473 g/mol. The summed E-state index contributed by atoms with van der Waals surface area (Å²) in [7, 11) is 1.49. The minimum atomic E-state index is -0.658. The third-order valence-corrected chi connectivity index (χ3v) is 5.11. The van der Waals surface area contributed by atoms with E-state index in [-0.39, 0.29) is 37.9 Å². The number of aromatic nitrogens is 2. The number of H-pyrrole nitrogens is 1. The van der Waals surface area contributed by atoms with Crippen LogP contribution in [0.3, 0.4) is 0 Å². The molecule has 0 aliphatic rings. The van der Waals surface area contributed by atoms with Crippen LogP contribution in [0.2, 0.25) is 5.02 Å². The smallest absolute Gasteiger partial charge is 0.330 e. The van der Waals surface area contributed by atoms with E-state index in [1.165, 1.54) is 11.7 Å². The van der Waals surface area contributed by atoms with Gasteiger partial charge < -0.3 is 20.1 Å². The quantitative estimate of drug-likeness (QED) is 0.395. The number of nitrogens with one attached hydrogen (secondary N) is 3. The van der Waals surface area contributed by atoms with Gasteiger partial charge in [0.25, 0.3) is 11.5 Å². The second kappa shape index (κ2) is 12.0. The second-order valence-corrected chi connectivity index (χ2v) is 7.51. The van der Waals surface area contributed by atoms with E-state index in [1.807, 2.05) is 36.4 Å². The Hall–Kier alpha value is -3.40. The molecular formula is C23H25ClN4O5. The van der Waals surface area contributed by atoms with Crippen molar-refractivity contribution in [2.24, 2.45) is 0 Å². The van der Waals surface area contributed by atoms with Crippen LogP contribution in [0, 0.1) is 0 Å². The minimum Gasteiger partial charge on any atom is -0.383 e. The third-order valence-electron chi connectivity index (χ3n) is 4.74. The van der Waals surface area contributed by atoms with E-state index >= 15 is 0 Å². The monoisotopic (exact) mass is 472 g/mol. The zero-order valence-corrected chi connectivity index (χ0v) is 18.9. The molecule has 0 radical (unpaired) electrons. The Kier molecular flexibility index (Phi) is 8.82. The summed E-state index contributed by atoms with van der Waals surface area (Å²) in [5.41, 5.74) is 0.428. The van der Waals surface area contributed by atoms with Gasteiger partial charge in [0.2, 0.25) is 0 Å². The highest BCUT2D eigenvalue weighted by Crippen LogP contribution is 2.18. The predicted molar refractivity (Wildman–Crippen MR) is 127 cm³/mol. The number of anilines is 2. The van der Waals surface area contributed by atoms with Crippen LogP contribution in [0.25, 0.3) is 0 Å². The fourth-order valence-corrected chi connectivity index (χ4v) is 3.27. The summed E-state index contributed by atoms with van der Waals surface area (Å²) in [6, 6.07) is 16.6. The SMILES string of the molecule is COCCn1c(NC(=O)COCc2ccccc2Cl)c(NCc2ccccc2)c(=O)[nH]c1=O. The van der Waals surface area contributed by atoms with Gasteiger partial charge in [-0.2, -0.15) is 0 Å². The molecule has 0 aliphatic carbocycles. The maximum Gasteiger partial charge on any atom is 0.330 e. The molecule has 3 aromatic rings. The Balaban J connectivity index is 1.79. The average Bonchev–Trinajstić information content (AvgIpc) is 2.80. The van der Waals surface area contributed by atoms with Gasteiger partial charge >= 0.3 is 5.69 Å². The Bertz CT molecular complexity index is 1190. The molecule has 1 amide bonds. The Morgan fingerprint density at radius 2 is 1.82 bits per heavy atom. The molecular weight excluding hydrogens is 448 g/mol. The van der Waals surface area contributed by atoms with Crippen molar-refractivity contribution in [1.82, 2.24) is 9.55 Å². The number of rotatable bonds is 11. The third kappa shape index (κ3) is 6.79. The number of hydrogen-bond acceptors (Lipinski definition) is 6. The van der Waals surface area contributed by atoms with E-state index in [1.54, 1.807) is 18.2 Å². The van der Waals surface area contributed by atoms with Gasteiger partial charge in [0.05, 0.1) is 19.8 Å². The number of carbonyl (C=O) groups excluding carboxylic acids is 1. The lowest BCUT2D eigenvalue weighted by atomic mass is 10.2. The Labute approximate surface area is 195 Å². The number of hydrogen-bond donors (Lipinski definition) is 3. The first-order valence-corrected chi connectivity index (χ1v) is 10.6. The largest absolute Gasteiger partial charge is 0.383 e. The van der Waals surface area contributed by atoms with E-state index in [4.69, 9.17) is 21.1 Å². The molecule has 0 saturated carbocycles. The number of benzene rings is 2. The van der Waals surface area contributed by atoms with Gasteiger partial charge in [0.15, 0.2) is 0 Å². The van der Waals surface area contributed by atoms with Crippen molar-refractivity contribution in [2.75, 3.05) is 31.0 Å². The van der Waals surface area contributed by atoms with Crippen LogP contribution >= 0.6 is 11.6 Å². The molecule has 1 aromatic heterocycles. The van der Waals surface area contributed by atoms with Gasteiger partial charge in [-0.15, -0.1) is 0 Å². The zero-order valence-electron chi connectivity index (χ0n) is 18.1. The first kappa shape index (κ1) is 24.2. The minimum absolute atomic E-state index is 0.0445. The number of aromatic amines is 1. The van der Waals surface area contributed by atoms with Crippen molar-refractivity contribution in [3.8, 4) is 0 Å². The standard InChI is InChI=1S/C23H25ClN4O5/c1-32-12-11-28-21(26-19(29)15-33-14-17-9-5-6-10-18(17)24)20(22(30)27-23(28)31)25-13-16-7-3-2-4-8-16/h2-10,25H,11-15H2,1H3,(H,26,29)(H,27,30,31). The highest BCUT2D eigenvalue weighted by molar-refractivity contribution is 6.31. The maximum absolute atomic E-state index is 12.6. The molecule has 3 rings (SSSR count). The topological polar surface area (TPSA) is 114 Å². The summed E-state index contributed by atoms with van der Waals surface area (Å²) >= 11 is 6.10. The van der Waals surface area contributed by atoms with Crippen LogP contribution in [0.15, 0.2) is 64.2 Å². The van der Waals surface area contributed by atoms with Gasteiger partial charge in [-0.1, -0.05) is 60.1 Å². The van der Waals surface area contributed by atoms with Crippen LogP contribution in [0.4, 0.5) is 11.5 Å². The number of amides is 1. The van der Waals surface area contributed by atoms with Crippen LogP contribution in [0.5, 0.6) is 0 Å². The molecule has 0 atom stereocenters. The molecule has 2 aromatic carbocycles. The van der Waals surface area contributed by atoms with Crippen molar-refractivity contribution in [1.29, 1.82) is 0 Å². The zero-order chi connectivity index (χ0) is 23.6. The Morgan fingerprint density at radius 1 is 1.09 bits per heavy atom. The van der Waals surface area contributed by atoms with E-state index in [0.29, 0.717) is 11.6 Å². The molecule has 33 heavy (non-hydrogen) atoms. The van der Waals surface area contributed by atoms with Gasteiger partial charge in [0, 0.05) is 18.7 Å². The van der Waals surface area contributed by atoms with Gasteiger partial charge in [0.1, 0.15) is 18.1 Å². The molecule has 10 heteroatoms. The number of nitrogens with zero attached hydrogens (tertiary/aromatic N) is 1. The lowest BCUT2D eigenvalue weighted by Gasteiger charge is -2.18. The van der Waals surface area contributed by atoms with Gasteiger partial charge in [-0.05, 0) is 17.2 Å². The van der Waals surface area contributed by atoms with Crippen molar-refractivity contribution in [3.63, 3.8) is 0 Å². The lowest BCUT2D eigenvalue weighted by Crippen LogP contribution is -2.36. The van der Waals surface area contributed by atoms with Crippen LogP contribution in [0.1, 0.15) is 11.1 Å². The normalized spacial score (nSPS) is 10.7. The predicted octanol–water partition coefficient (Wildman–Crippen LogP) is 2.60. The number of carbonyl (C=O) groups is 1. The molecule has 0 fully saturated rings. The summed E-state index contributed by atoms with van der Waals surface area (Å²) in [6.45, 7) is 0.489. The molecule has 0 spiro atoms. The van der Waals surface area contributed by atoms with Gasteiger partial charge in [-0.25, -0.2) is 4.79 Å². The highest BCUT2D eigenvalue weighted by Gasteiger charge is 2.17. The van der Waals surface area contributed by atoms with Crippen molar-refractivity contribution >= 4 is 29.0 Å². The number of methoxy groups -OCH3 is 1. The number of ether oxygens (including phenoxy) is 2. The first-order valence-electron chi connectivity index (χ1n) is 10.2. The second-order valence-electron chi connectivity index (χ2n) is 7.10. The molecule has 174 valence electrons. The molecule has 0 unspecified atom stereocenters. The maximum atomic E-state index is 12.6. The van der Waals surface area contributed by atoms with Crippen molar-refractivity contribution in [3.05, 3.63) is 91.6 Å². The molecule has 0 saturated heterocycles. The Morgan fingerprint density at radius 3 is 2.55 bits per heavy atom. The summed E-state index contributed by atoms with van der Waals surface area (Å²) in [4.78, 5) is 39.9. The molecule has 3 N–H and O–H groups in total. The van der Waals surface area contributed by atoms with Gasteiger partial charge in [-0.3, -0.25) is 19.1 Å². The summed E-state index contributed by atoms with van der Waals surface area (Å²) in [5, 5.41) is 6.19. The fraction of sp³-hybridized carbons (Fsp3) is 0.261. The lowest BCUT2D eigenvalue weighted by molar-refractivity contribution is -0.121. The van der Waals surface area contributed by atoms with Crippen LogP contribution in [-0.4, -0.2) is 35.8 Å². The van der Waals surface area contributed by atoms with Crippen LogP contribution < -0.4 is 21.9 Å². The highest BCUT2D eigenvalue weighted by atomic mass is 35.5. The fourth-order valence-electron chi connectivity index (χ4n) is 3.08. The summed E-state index contributed by atoms with van der Waals surface area (Å²) in [6.07, 6.45) is 0. The summed E-state index contributed by atoms with van der Waals surface area (Å²) in [5.74, 6) is -0.482. The molecule has 9 nitrogen and oxygen atoms in total. The first-order chi connectivity index (χ1) is 16.0. The van der Waals surface area contributed by atoms with Crippen molar-refractivity contribution in [2.45, 2.75) is 19.7 Å².